The molecule has 2 unspecified atom stereocenters. The number of hydrogen-bond acceptors (Lipinski definition) is 3. The molecule has 0 spiro atoms. The van der Waals surface area contributed by atoms with Gasteiger partial charge in [0, 0.05) is 6.04 Å². The second kappa shape index (κ2) is 4.61. The third-order valence-electron chi connectivity index (χ3n) is 2.69. The summed E-state index contributed by atoms with van der Waals surface area (Å²) in [5.41, 5.74) is 0. The summed E-state index contributed by atoms with van der Waals surface area (Å²) in [6, 6.07) is 0.324. The summed E-state index contributed by atoms with van der Waals surface area (Å²) in [5.74, 6) is 0.633. The zero-order chi connectivity index (χ0) is 9.84. The summed E-state index contributed by atoms with van der Waals surface area (Å²) in [6.07, 6.45) is 3.39. The van der Waals surface area contributed by atoms with E-state index >= 15 is 0 Å². The maximum atomic E-state index is 11.2. The quantitative estimate of drug-likeness (QED) is 0.657. The van der Waals surface area contributed by atoms with Crippen molar-refractivity contribution in [3.63, 3.8) is 0 Å². The van der Waals surface area contributed by atoms with Gasteiger partial charge in [0.05, 0.1) is 7.11 Å². The first kappa shape index (κ1) is 10.5. The van der Waals surface area contributed by atoms with E-state index in [0.29, 0.717) is 6.04 Å². The van der Waals surface area contributed by atoms with Crippen molar-refractivity contribution in [2.45, 2.75) is 45.2 Å². The van der Waals surface area contributed by atoms with Crippen LogP contribution in [0.4, 0.5) is 0 Å². The third kappa shape index (κ3) is 2.99. The fourth-order valence-electron chi connectivity index (χ4n) is 1.54. The molecule has 0 heterocycles. The first-order valence-electron chi connectivity index (χ1n) is 5.03. The number of ether oxygens (including phenoxy) is 1. The van der Waals surface area contributed by atoms with Crippen LogP contribution in [0, 0.1) is 5.92 Å². The van der Waals surface area contributed by atoms with Gasteiger partial charge in [-0.1, -0.05) is 6.92 Å². The highest BCUT2D eigenvalue weighted by atomic mass is 16.5. The molecule has 0 radical (unpaired) electrons. The van der Waals surface area contributed by atoms with Gasteiger partial charge < -0.3 is 10.1 Å². The van der Waals surface area contributed by atoms with Gasteiger partial charge in [0.25, 0.3) is 0 Å². The molecule has 3 heteroatoms. The van der Waals surface area contributed by atoms with Crippen LogP contribution < -0.4 is 5.32 Å². The molecule has 1 rings (SSSR count). The van der Waals surface area contributed by atoms with Crippen molar-refractivity contribution in [3.05, 3.63) is 0 Å². The van der Waals surface area contributed by atoms with Gasteiger partial charge in [-0.05, 0) is 32.1 Å². The Bertz CT molecular complexity index is 178. The van der Waals surface area contributed by atoms with Crippen LogP contribution in [-0.4, -0.2) is 25.2 Å². The van der Waals surface area contributed by atoms with Crippen molar-refractivity contribution in [3.8, 4) is 0 Å². The van der Waals surface area contributed by atoms with E-state index in [1.165, 1.54) is 20.0 Å². The van der Waals surface area contributed by atoms with E-state index in [2.05, 4.69) is 12.2 Å². The van der Waals surface area contributed by atoms with E-state index in [9.17, 15) is 4.79 Å². The molecule has 3 nitrogen and oxygen atoms in total. The molecule has 0 aromatic rings. The van der Waals surface area contributed by atoms with Crippen LogP contribution in [-0.2, 0) is 9.53 Å². The minimum absolute atomic E-state index is 0.124. The number of hydrogen-bond donors (Lipinski definition) is 1. The SMILES string of the molecule is CCC(NC(C)C1CC1)C(=O)OC. The zero-order valence-electron chi connectivity index (χ0n) is 8.67. The fraction of sp³-hybridized carbons (Fsp3) is 0.900. The minimum Gasteiger partial charge on any atom is -0.468 e. The molecule has 0 aromatic carbocycles. The number of nitrogens with one attached hydrogen (secondary N) is 1. The van der Waals surface area contributed by atoms with Gasteiger partial charge >= 0.3 is 5.97 Å². The van der Waals surface area contributed by atoms with Crippen LogP contribution in [0.3, 0.4) is 0 Å². The summed E-state index contributed by atoms with van der Waals surface area (Å²) in [7, 11) is 1.44. The van der Waals surface area contributed by atoms with Crippen molar-refractivity contribution in [2.24, 2.45) is 5.92 Å². The predicted molar refractivity (Wildman–Crippen MR) is 51.4 cm³/mol. The van der Waals surface area contributed by atoms with Crippen molar-refractivity contribution in [1.29, 1.82) is 0 Å². The molecule has 1 saturated carbocycles. The molecule has 1 fully saturated rings. The maximum Gasteiger partial charge on any atom is 0.322 e. The Kier molecular flexibility index (Phi) is 3.72. The van der Waals surface area contributed by atoms with E-state index < -0.39 is 0 Å². The summed E-state index contributed by atoms with van der Waals surface area (Å²) in [6.45, 7) is 4.14. The van der Waals surface area contributed by atoms with Crippen molar-refractivity contribution in [2.75, 3.05) is 7.11 Å². The molecule has 0 aromatic heterocycles. The topological polar surface area (TPSA) is 38.3 Å². The summed E-state index contributed by atoms with van der Waals surface area (Å²) >= 11 is 0. The van der Waals surface area contributed by atoms with E-state index in [4.69, 9.17) is 4.74 Å². The highest BCUT2D eigenvalue weighted by molar-refractivity contribution is 5.75. The van der Waals surface area contributed by atoms with Gasteiger partial charge in [-0.15, -0.1) is 0 Å². The molecule has 0 bridgehead atoms. The number of rotatable bonds is 5. The van der Waals surface area contributed by atoms with Gasteiger partial charge in [0.15, 0.2) is 0 Å². The van der Waals surface area contributed by atoms with Crippen molar-refractivity contribution >= 4 is 5.97 Å². The number of esters is 1. The lowest BCUT2D eigenvalue weighted by atomic mass is 10.1. The predicted octanol–water partition coefficient (Wildman–Crippen LogP) is 1.33. The average Bonchev–Trinajstić information content (AvgIpc) is 2.95. The lowest BCUT2D eigenvalue weighted by molar-refractivity contribution is -0.143. The Labute approximate surface area is 79.8 Å². The number of carbonyl (C=O) groups excluding carboxylic acids is 1. The monoisotopic (exact) mass is 185 g/mol. The van der Waals surface area contributed by atoms with Gasteiger partial charge in [-0.2, -0.15) is 0 Å². The maximum absolute atomic E-state index is 11.2. The third-order valence-corrected chi connectivity index (χ3v) is 2.69. The van der Waals surface area contributed by atoms with Crippen molar-refractivity contribution in [1.82, 2.24) is 5.32 Å². The largest absolute Gasteiger partial charge is 0.468 e. The molecule has 2 atom stereocenters. The Hall–Kier alpha value is -0.570. The van der Waals surface area contributed by atoms with E-state index in [0.717, 1.165) is 12.3 Å². The lowest BCUT2D eigenvalue weighted by Gasteiger charge is -2.19. The number of carbonyl (C=O) groups is 1. The summed E-state index contributed by atoms with van der Waals surface area (Å²) < 4.78 is 4.70. The molecule has 0 aliphatic heterocycles. The summed E-state index contributed by atoms with van der Waals surface area (Å²) in [4.78, 5) is 11.2. The number of methoxy groups -OCH3 is 1. The smallest absolute Gasteiger partial charge is 0.322 e. The van der Waals surface area contributed by atoms with Crippen LogP contribution >= 0.6 is 0 Å². The Morgan fingerprint density at radius 3 is 2.62 bits per heavy atom. The van der Waals surface area contributed by atoms with Crippen LogP contribution in [0.5, 0.6) is 0 Å². The average molecular weight is 185 g/mol. The molecule has 13 heavy (non-hydrogen) atoms. The van der Waals surface area contributed by atoms with Gasteiger partial charge in [-0.25, -0.2) is 0 Å². The Morgan fingerprint density at radius 2 is 2.23 bits per heavy atom. The molecular formula is C10H19NO2. The van der Waals surface area contributed by atoms with E-state index in [-0.39, 0.29) is 12.0 Å². The normalized spacial score (nSPS) is 20.8. The van der Waals surface area contributed by atoms with E-state index in [1.54, 1.807) is 0 Å². The molecule has 76 valence electrons. The molecular weight excluding hydrogens is 166 g/mol. The first-order chi connectivity index (χ1) is 6.19. The van der Waals surface area contributed by atoms with Crippen molar-refractivity contribution < 1.29 is 9.53 Å². The molecule has 0 amide bonds. The molecule has 1 aliphatic rings. The lowest BCUT2D eigenvalue weighted by Crippen LogP contribution is -2.43. The second-order valence-electron chi connectivity index (χ2n) is 3.78. The molecule has 0 saturated heterocycles. The highest BCUT2D eigenvalue weighted by Gasteiger charge is 2.30. The minimum atomic E-state index is -0.144. The van der Waals surface area contributed by atoms with E-state index in [1.807, 2.05) is 6.92 Å². The Morgan fingerprint density at radius 1 is 1.62 bits per heavy atom. The van der Waals surface area contributed by atoms with Crippen LogP contribution in [0.15, 0.2) is 0 Å². The van der Waals surface area contributed by atoms with Crippen LogP contribution in [0.2, 0.25) is 0 Å². The fourth-order valence-corrected chi connectivity index (χ4v) is 1.54. The molecule has 1 aliphatic carbocycles. The van der Waals surface area contributed by atoms with Crippen LogP contribution in [0.25, 0.3) is 0 Å². The van der Waals surface area contributed by atoms with Crippen LogP contribution in [0.1, 0.15) is 33.1 Å². The van der Waals surface area contributed by atoms with Gasteiger partial charge in [-0.3, -0.25) is 4.79 Å². The Balaban J connectivity index is 2.33. The zero-order valence-corrected chi connectivity index (χ0v) is 8.67. The highest BCUT2D eigenvalue weighted by Crippen LogP contribution is 2.32. The standard InChI is InChI=1S/C10H19NO2/c1-4-9(10(12)13-3)11-7(2)8-5-6-8/h7-9,11H,4-6H2,1-3H3. The van der Waals surface area contributed by atoms with Gasteiger partial charge in [0.2, 0.25) is 0 Å². The second-order valence-corrected chi connectivity index (χ2v) is 3.78. The summed E-state index contributed by atoms with van der Waals surface area (Å²) in [5, 5.41) is 3.30. The molecule has 1 N–H and O–H groups in total. The van der Waals surface area contributed by atoms with Gasteiger partial charge in [0.1, 0.15) is 6.04 Å². The first-order valence-corrected chi connectivity index (χ1v) is 5.03.